The fourth-order valence-corrected chi connectivity index (χ4v) is 3.21. The Morgan fingerprint density at radius 1 is 1.27 bits per heavy atom. The van der Waals surface area contributed by atoms with Crippen molar-refractivity contribution in [3.63, 3.8) is 0 Å². The van der Waals surface area contributed by atoms with E-state index in [1.807, 2.05) is 0 Å². The molecule has 116 valence electrons. The minimum atomic E-state index is -0.937. The molecule has 2 bridgehead atoms. The predicted octanol–water partition coefficient (Wildman–Crippen LogP) is 1.89. The van der Waals surface area contributed by atoms with Gasteiger partial charge < -0.3 is 14.7 Å². The van der Waals surface area contributed by atoms with Gasteiger partial charge in [-0.3, -0.25) is 10.1 Å². The lowest BCUT2D eigenvalue weighted by Crippen LogP contribution is -2.42. The number of rotatable bonds is 3. The number of nitro groups is 1. The lowest BCUT2D eigenvalue weighted by atomic mass is 10.1. The average molecular weight is 306 g/mol. The van der Waals surface area contributed by atoms with E-state index in [1.165, 1.54) is 29.2 Å². The molecule has 0 aromatic heterocycles. The maximum atomic E-state index is 12.1. The smallest absolute Gasteiger partial charge is 0.407 e. The molecule has 0 spiro atoms. The first kappa shape index (κ1) is 14.3. The Morgan fingerprint density at radius 3 is 2.45 bits per heavy atom. The molecule has 1 aromatic carbocycles. The second kappa shape index (κ2) is 5.28. The number of esters is 1. The molecular formula is C14H14N2O6. The topological polar surface area (TPSA) is 110 Å². The number of piperidine rings is 1. The SMILES string of the molecule is O=C(O[C@H]1C[C@@H]2C[C@H]1CN2C(=O)O)c1ccc([N+](=O)[O-])cc1. The minimum Gasteiger partial charge on any atom is -0.465 e. The Morgan fingerprint density at radius 2 is 1.95 bits per heavy atom. The molecule has 1 saturated heterocycles. The highest BCUT2D eigenvalue weighted by molar-refractivity contribution is 5.89. The van der Waals surface area contributed by atoms with Crippen molar-refractivity contribution in [3.05, 3.63) is 39.9 Å². The maximum absolute atomic E-state index is 12.1. The molecule has 1 amide bonds. The second-order valence-corrected chi connectivity index (χ2v) is 5.57. The number of nitro benzene ring substituents is 1. The van der Waals surface area contributed by atoms with Crippen LogP contribution in [0.15, 0.2) is 24.3 Å². The molecule has 22 heavy (non-hydrogen) atoms. The molecule has 1 saturated carbocycles. The van der Waals surface area contributed by atoms with Gasteiger partial charge in [0.1, 0.15) is 6.10 Å². The fourth-order valence-electron chi connectivity index (χ4n) is 3.21. The lowest BCUT2D eigenvalue weighted by molar-refractivity contribution is -0.384. The second-order valence-electron chi connectivity index (χ2n) is 5.57. The van der Waals surface area contributed by atoms with E-state index in [-0.39, 0.29) is 29.3 Å². The summed E-state index contributed by atoms with van der Waals surface area (Å²) < 4.78 is 5.43. The van der Waals surface area contributed by atoms with Crippen LogP contribution < -0.4 is 0 Å². The van der Waals surface area contributed by atoms with E-state index in [2.05, 4.69) is 0 Å². The molecule has 1 heterocycles. The quantitative estimate of drug-likeness (QED) is 0.518. The van der Waals surface area contributed by atoms with E-state index in [0.29, 0.717) is 19.4 Å². The van der Waals surface area contributed by atoms with Crippen molar-refractivity contribution >= 4 is 17.7 Å². The number of fused-ring (bicyclic) bond motifs is 2. The number of likely N-dealkylation sites (tertiary alicyclic amines) is 1. The summed E-state index contributed by atoms with van der Waals surface area (Å²) in [6.07, 6.45) is -0.00357. The van der Waals surface area contributed by atoms with Crippen LogP contribution in [-0.4, -0.2) is 45.7 Å². The van der Waals surface area contributed by atoms with Gasteiger partial charge in [-0.25, -0.2) is 9.59 Å². The first-order valence-corrected chi connectivity index (χ1v) is 6.90. The molecule has 2 aliphatic rings. The Balaban J connectivity index is 1.62. The summed E-state index contributed by atoms with van der Waals surface area (Å²) in [6.45, 7) is 0.387. The molecule has 8 nitrogen and oxygen atoms in total. The van der Waals surface area contributed by atoms with E-state index in [9.17, 15) is 19.7 Å². The number of ether oxygens (including phenoxy) is 1. The van der Waals surface area contributed by atoms with E-state index in [0.717, 1.165) is 0 Å². The third-order valence-corrected chi connectivity index (χ3v) is 4.29. The van der Waals surface area contributed by atoms with Crippen molar-refractivity contribution < 1.29 is 24.4 Å². The summed E-state index contributed by atoms with van der Waals surface area (Å²) in [4.78, 5) is 34.5. The molecule has 8 heteroatoms. The van der Waals surface area contributed by atoms with Crippen LogP contribution in [0.25, 0.3) is 0 Å². The zero-order chi connectivity index (χ0) is 15.9. The molecule has 1 aliphatic carbocycles. The van der Waals surface area contributed by atoms with Gasteiger partial charge in [-0.05, 0) is 18.6 Å². The van der Waals surface area contributed by atoms with Gasteiger partial charge >= 0.3 is 12.1 Å². The zero-order valence-electron chi connectivity index (χ0n) is 11.5. The number of amides is 1. The van der Waals surface area contributed by atoms with Crippen LogP contribution in [0.4, 0.5) is 10.5 Å². The highest BCUT2D eigenvalue weighted by atomic mass is 16.6. The van der Waals surface area contributed by atoms with Gasteiger partial charge in [-0.1, -0.05) is 0 Å². The largest absolute Gasteiger partial charge is 0.465 e. The maximum Gasteiger partial charge on any atom is 0.407 e. The Labute approximate surface area is 125 Å². The number of carbonyl (C=O) groups excluding carboxylic acids is 1. The van der Waals surface area contributed by atoms with Crippen molar-refractivity contribution in [2.45, 2.75) is 25.0 Å². The van der Waals surface area contributed by atoms with Gasteiger partial charge in [0.25, 0.3) is 5.69 Å². The minimum absolute atomic E-state index is 0.0306. The number of carboxylic acid groups (broad SMARTS) is 1. The summed E-state index contributed by atoms with van der Waals surface area (Å²) >= 11 is 0. The third kappa shape index (κ3) is 2.47. The van der Waals surface area contributed by atoms with E-state index in [4.69, 9.17) is 9.84 Å². The third-order valence-electron chi connectivity index (χ3n) is 4.29. The Kier molecular flexibility index (Phi) is 3.44. The van der Waals surface area contributed by atoms with Gasteiger partial charge in [-0.2, -0.15) is 0 Å². The number of hydrogen-bond donors (Lipinski definition) is 1. The molecule has 0 radical (unpaired) electrons. The zero-order valence-corrected chi connectivity index (χ0v) is 11.5. The normalized spacial score (nSPS) is 26.0. The summed E-state index contributed by atoms with van der Waals surface area (Å²) in [6, 6.07) is 5.14. The van der Waals surface area contributed by atoms with Gasteiger partial charge in [0, 0.05) is 37.1 Å². The van der Waals surface area contributed by atoms with Crippen LogP contribution in [0.5, 0.6) is 0 Å². The van der Waals surface area contributed by atoms with Crippen LogP contribution in [0.2, 0.25) is 0 Å². The van der Waals surface area contributed by atoms with E-state index < -0.39 is 17.0 Å². The van der Waals surface area contributed by atoms with Crippen molar-refractivity contribution in [2.75, 3.05) is 6.54 Å². The highest BCUT2D eigenvalue weighted by Crippen LogP contribution is 2.39. The molecule has 0 unspecified atom stereocenters. The predicted molar refractivity (Wildman–Crippen MR) is 73.5 cm³/mol. The molecule has 1 aliphatic heterocycles. The summed E-state index contributed by atoms with van der Waals surface area (Å²) in [7, 11) is 0. The molecule has 3 rings (SSSR count). The lowest BCUT2D eigenvalue weighted by Gasteiger charge is -2.29. The average Bonchev–Trinajstić information content (AvgIpc) is 3.07. The molecule has 1 N–H and O–H groups in total. The van der Waals surface area contributed by atoms with Gasteiger partial charge in [-0.15, -0.1) is 0 Å². The van der Waals surface area contributed by atoms with Crippen LogP contribution in [0.3, 0.4) is 0 Å². The number of hydrogen-bond acceptors (Lipinski definition) is 5. The van der Waals surface area contributed by atoms with Gasteiger partial charge in [0.15, 0.2) is 0 Å². The summed E-state index contributed by atoms with van der Waals surface area (Å²) in [5.41, 5.74) is 0.164. The molecule has 2 fully saturated rings. The Bertz CT molecular complexity index is 629. The van der Waals surface area contributed by atoms with Gasteiger partial charge in [0.05, 0.1) is 10.5 Å². The number of nitrogens with zero attached hydrogens (tertiary/aromatic N) is 2. The number of benzene rings is 1. The Hall–Kier alpha value is -2.64. The first-order valence-electron chi connectivity index (χ1n) is 6.90. The fraction of sp³-hybridized carbons (Fsp3) is 0.429. The molecule has 1 aromatic rings. The molecule has 3 atom stereocenters. The van der Waals surface area contributed by atoms with Crippen LogP contribution in [-0.2, 0) is 4.74 Å². The monoisotopic (exact) mass is 306 g/mol. The van der Waals surface area contributed by atoms with Crippen LogP contribution in [0, 0.1) is 16.0 Å². The van der Waals surface area contributed by atoms with Crippen molar-refractivity contribution in [2.24, 2.45) is 5.92 Å². The van der Waals surface area contributed by atoms with E-state index >= 15 is 0 Å². The van der Waals surface area contributed by atoms with Crippen LogP contribution in [0.1, 0.15) is 23.2 Å². The van der Waals surface area contributed by atoms with Crippen molar-refractivity contribution in [3.8, 4) is 0 Å². The van der Waals surface area contributed by atoms with Crippen molar-refractivity contribution in [1.29, 1.82) is 0 Å². The highest BCUT2D eigenvalue weighted by Gasteiger charge is 2.48. The summed E-state index contributed by atoms with van der Waals surface area (Å²) in [5, 5.41) is 19.6. The summed E-state index contributed by atoms with van der Waals surface area (Å²) in [5.74, 6) is -0.502. The number of non-ortho nitro benzene ring substituents is 1. The van der Waals surface area contributed by atoms with Crippen LogP contribution >= 0.6 is 0 Å². The first-order chi connectivity index (χ1) is 10.5. The van der Waals surface area contributed by atoms with Crippen molar-refractivity contribution in [1.82, 2.24) is 4.90 Å². The van der Waals surface area contributed by atoms with Gasteiger partial charge in [0.2, 0.25) is 0 Å². The standard InChI is InChI=1S/C14H14N2O6/c17-13(8-1-3-10(4-2-8)16(20)21)22-12-6-11-5-9(12)7-15(11)14(18)19/h1-4,9,11-12H,5-7H2,(H,18,19)/t9-,11-,12-/m0/s1. The molecular weight excluding hydrogens is 292 g/mol. The van der Waals surface area contributed by atoms with E-state index in [1.54, 1.807) is 0 Å². The number of carbonyl (C=O) groups is 2.